The van der Waals surface area contributed by atoms with E-state index < -0.39 is 0 Å². The Hall–Kier alpha value is -0.100. The van der Waals surface area contributed by atoms with Crippen LogP contribution in [0, 0.1) is 3.57 Å². The van der Waals surface area contributed by atoms with Gasteiger partial charge in [-0.15, -0.1) is 0 Å². The number of nitrogens with zero attached hydrogens (tertiary/aromatic N) is 2. The molecule has 2 fully saturated rings. The smallest absolute Gasteiger partial charge is 0.0779 e. The maximum atomic E-state index is 6.51. The lowest BCUT2D eigenvalue weighted by atomic mass is 9.83. The Labute approximate surface area is 142 Å². The number of ether oxygens (including phenoxy) is 1. The number of rotatable bonds is 4. The Bertz CT molecular complexity index is 491. The van der Waals surface area contributed by atoms with Gasteiger partial charge in [-0.05, 0) is 61.1 Å². The molecule has 2 aliphatic rings. The van der Waals surface area contributed by atoms with Crippen molar-refractivity contribution in [3.63, 3.8) is 0 Å². The molecule has 0 aromatic carbocycles. The molecule has 3 rings (SSSR count). The summed E-state index contributed by atoms with van der Waals surface area (Å²) in [6, 6.07) is 0. The molecule has 0 amide bonds. The largest absolute Gasteiger partial charge is 0.370 e. The van der Waals surface area contributed by atoms with E-state index in [4.69, 9.17) is 9.84 Å². The van der Waals surface area contributed by atoms with Crippen molar-refractivity contribution in [3.8, 4) is 0 Å². The molecule has 21 heavy (non-hydrogen) atoms. The molecule has 1 saturated carbocycles. The van der Waals surface area contributed by atoms with Gasteiger partial charge >= 0.3 is 0 Å². The summed E-state index contributed by atoms with van der Waals surface area (Å²) in [4.78, 5) is 0. The Kier molecular flexibility index (Phi) is 4.94. The van der Waals surface area contributed by atoms with E-state index in [1.165, 1.54) is 59.9 Å². The monoisotopic (exact) mass is 402 g/mol. The molecule has 1 aromatic rings. The first-order valence-electron chi connectivity index (χ1n) is 8.59. The fourth-order valence-electron chi connectivity index (χ4n) is 4.03. The second-order valence-electron chi connectivity index (χ2n) is 6.62. The lowest BCUT2D eigenvalue weighted by Crippen LogP contribution is -2.32. The van der Waals surface area contributed by atoms with Crippen LogP contribution in [-0.4, -0.2) is 21.5 Å². The molecule has 0 N–H and O–H groups in total. The van der Waals surface area contributed by atoms with Crippen molar-refractivity contribution in [3.05, 3.63) is 15.0 Å². The molecule has 1 aliphatic carbocycles. The summed E-state index contributed by atoms with van der Waals surface area (Å²) in [5.74, 6) is 0. The van der Waals surface area contributed by atoms with Gasteiger partial charge in [0, 0.05) is 0 Å². The maximum absolute atomic E-state index is 6.51. The Morgan fingerprint density at radius 3 is 2.62 bits per heavy atom. The second kappa shape index (κ2) is 6.57. The number of aryl methyl sites for hydroxylation is 1. The minimum absolute atomic E-state index is 0.225. The van der Waals surface area contributed by atoms with Crippen molar-refractivity contribution in [1.29, 1.82) is 0 Å². The van der Waals surface area contributed by atoms with E-state index in [0.29, 0.717) is 6.10 Å². The van der Waals surface area contributed by atoms with Crippen molar-refractivity contribution in [2.45, 2.75) is 89.9 Å². The molecule has 118 valence electrons. The van der Waals surface area contributed by atoms with Crippen LogP contribution in [0.25, 0.3) is 0 Å². The van der Waals surface area contributed by atoms with Gasteiger partial charge in [0.05, 0.1) is 33.2 Å². The van der Waals surface area contributed by atoms with Crippen molar-refractivity contribution in [2.24, 2.45) is 0 Å². The van der Waals surface area contributed by atoms with Crippen molar-refractivity contribution < 1.29 is 4.74 Å². The van der Waals surface area contributed by atoms with Crippen molar-refractivity contribution in [2.75, 3.05) is 0 Å². The van der Waals surface area contributed by atoms with Gasteiger partial charge in [0.2, 0.25) is 0 Å². The predicted molar refractivity (Wildman–Crippen MR) is 93.6 cm³/mol. The van der Waals surface area contributed by atoms with Gasteiger partial charge in [-0.25, -0.2) is 0 Å². The van der Waals surface area contributed by atoms with E-state index in [2.05, 4.69) is 41.1 Å². The van der Waals surface area contributed by atoms with E-state index in [9.17, 15) is 0 Å². The molecular weight excluding hydrogens is 375 g/mol. The first-order chi connectivity index (χ1) is 10.2. The summed E-state index contributed by atoms with van der Waals surface area (Å²) in [5.41, 5.74) is 2.86. The van der Waals surface area contributed by atoms with E-state index in [1.54, 1.807) is 0 Å². The third-order valence-corrected chi connectivity index (χ3v) is 6.45. The molecule has 4 heteroatoms. The summed E-state index contributed by atoms with van der Waals surface area (Å²) in [6.07, 6.45) is 11.6. The number of halogens is 1. The van der Waals surface area contributed by atoms with Gasteiger partial charge in [-0.1, -0.05) is 33.1 Å². The van der Waals surface area contributed by atoms with Gasteiger partial charge in [0.1, 0.15) is 0 Å². The normalized spacial score (nSPS) is 24.8. The van der Waals surface area contributed by atoms with Crippen molar-refractivity contribution >= 4 is 22.6 Å². The fraction of sp³-hybridized carbons (Fsp3) is 0.824. The molecule has 1 aliphatic heterocycles. The zero-order valence-electron chi connectivity index (χ0n) is 13.3. The highest BCUT2D eigenvalue weighted by molar-refractivity contribution is 14.1. The minimum Gasteiger partial charge on any atom is -0.370 e. The SMILES string of the molecule is CCc1nn(CC2CCC3(CCCCC3)O2)c(CC)c1I. The zero-order valence-corrected chi connectivity index (χ0v) is 15.5. The lowest BCUT2D eigenvalue weighted by Gasteiger charge is -2.33. The maximum Gasteiger partial charge on any atom is 0.0779 e. The Morgan fingerprint density at radius 1 is 1.19 bits per heavy atom. The minimum atomic E-state index is 0.225. The number of hydrogen-bond donors (Lipinski definition) is 0. The number of hydrogen-bond acceptors (Lipinski definition) is 2. The molecule has 1 saturated heterocycles. The molecule has 1 unspecified atom stereocenters. The standard InChI is InChI=1S/C17H27IN2O/c1-3-14-16(18)15(4-2)20(19-14)12-13-8-11-17(21-13)9-6-5-7-10-17/h13H,3-12H2,1-2H3. The first kappa shape index (κ1) is 15.8. The van der Waals surface area contributed by atoms with Gasteiger partial charge in [0.25, 0.3) is 0 Å². The fourth-order valence-corrected chi connectivity index (χ4v) is 5.17. The predicted octanol–water partition coefficient (Wildman–Crippen LogP) is 4.49. The summed E-state index contributed by atoms with van der Waals surface area (Å²) in [7, 11) is 0. The second-order valence-corrected chi connectivity index (χ2v) is 7.70. The quantitative estimate of drug-likeness (QED) is 0.694. The molecule has 1 spiro atoms. The van der Waals surface area contributed by atoms with Crippen LogP contribution >= 0.6 is 22.6 Å². The van der Waals surface area contributed by atoms with Gasteiger partial charge in [0.15, 0.2) is 0 Å². The van der Waals surface area contributed by atoms with E-state index >= 15 is 0 Å². The first-order valence-corrected chi connectivity index (χ1v) is 9.67. The number of aromatic nitrogens is 2. The van der Waals surface area contributed by atoms with Crippen LogP contribution < -0.4 is 0 Å². The van der Waals surface area contributed by atoms with Crippen molar-refractivity contribution in [1.82, 2.24) is 9.78 Å². The van der Waals surface area contributed by atoms with Crippen LogP contribution in [0.5, 0.6) is 0 Å². The molecule has 3 nitrogen and oxygen atoms in total. The van der Waals surface area contributed by atoms with Crippen LogP contribution in [0.4, 0.5) is 0 Å². The third kappa shape index (κ3) is 3.16. The average molecular weight is 402 g/mol. The summed E-state index contributed by atoms with van der Waals surface area (Å²) in [5, 5.41) is 4.83. The van der Waals surface area contributed by atoms with Crippen LogP contribution in [0.3, 0.4) is 0 Å². The van der Waals surface area contributed by atoms with Gasteiger partial charge < -0.3 is 4.74 Å². The molecular formula is C17H27IN2O. The van der Waals surface area contributed by atoms with Crippen LogP contribution in [0.2, 0.25) is 0 Å². The highest BCUT2D eigenvalue weighted by Gasteiger charge is 2.41. The van der Waals surface area contributed by atoms with E-state index in [0.717, 1.165) is 19.4 Å². The summed E-state index contributed by atoms with van der Waals surface area (Å²) >= 11 is 2.46. The van der Waals surface area contributed by atoms with Crippen LogP contribution in [0.15, 0.2) is 0 Å². The van der Waals surface area contributed by atoms with Gasteiger partial charge in [-0.2, -0.15) is 5.10 Å². The van der Waals surface area contributed by atoms with Gasteiger partial charge in [-0.3, -0.25) is 4.68 Å². The molecule has 0 radical (unpaired) electrons. The molecule has 1 aromatic heterocycles. The van der Waals surface area contributed by atoms with E-state index in [-0.39, 0.29) is 5.60 Å². The zero-order chi connectivity index (χ0) is 14.9. The molecule has 0 bridgehead atoms. The highest BCUT2D eigenvalue weighted by atomic mass is 127. The molecule has 1 atom stereocenters. The lowest BCUT2D eigenvalue weighted by molar-refractivity contribution is -0.0690. The Morgan fingerprint density at radius 2 is 1.95 bits per heavy atom. The van der Waals surface area contributed by atoms with Crippen LogP contribution in [-0.2, 0) is 24.1 Å². The average Bonchev–Trinajstić information content (AvgIpc) is 3.01. The summed E-state index contributed by atoms with van der Waals surface area (Å²) < 4.78 is 10.1. The molecule has 2 heterocycles. The Balaban J connectivity index is 1.70. The van der Waals surface area contributed by atoms with Crippen LogP contribution in [0.1, 0.15) is 70.2 Å². The summed E-state index contributed by atoms with van der Waals surface area (Å²) in [6.45, 7) is 5.37. The van der Waals surface area contributed by atoms with E-state index in [1.807, 2.05) is 0 Å². The topological polar surface area (TPSA) is 27.1 Å². The highest BCUT2D eigenvalue weighted by Crippen LogP contribution is 2.42. The third-order valence-electron chi connectivity index (χ3n) is 5.21.